The molecule has 14 heteroatoms. The molecule has 0 aromatic heterocycles. The zero-order chi connectivity index (χ0) is 31.9. The molecular weight excluding hydrogens is 635 g/mol. The van der Waals surface area contributed by atoms with E-state index in [0.29, 0.717) is 25.7 Å². The molecule has 1 fully saturated rings. The number of rotatable bonds is 11. The number of esters is 1. The van der Waals surface area contributed by atoms with Crippen LogP contribution in [0.25, 0.3) is 0 Å². The second kappa shape index (κ2) is 15.6. The van der Waals surface area contributed by atoms with Gasteiger partial charge in [-0.1, -0.05) is 42.5 Å². The zero-order valence-electron chi connectivity index (χ0n) is 24.1. The van der Waals surface area contributed by atoms with Crippen LogP contribution in [-0.4, -0.2) is 44.1 Å². The maximum absolute atomic E-state index is 13.2. The van der Waals surface area contributed by atoms with Crippen LogP contribution in [0, 0.1) is 5.92 Å². The summed E-state index contributed by atoms with van der Waals surface area (Å²) in [5.41, 5.74) is 6.56. The van der Waals surface area contributed by atoms with Gasteiger partial charge in [0.05, 0.1) is 16.5 Å². The Morgan fingerprint density at radius 2 is 1.53 bits per heavy atom. The Kier molecular flexibility index (Phi) is 12.4. The Bertz CT molecular complexity index is 1520. The number of alkyl halides is 3. The number of amides is 1. The van der Waals surface area contributed by atoms with Gasteiger partial charge >= 0.3 is 12.1 Å². The third-order valence-corrected chi connectivity index (χ3v) is 9.05. The fourth-order valence-corrected chi connectivity index (χ4v) is 6.33. The van der Waals surface area contributed by atoms with Crippen molar-refractivity contribution in [1.29, 1.82) is 0 Å². The Balaban J connectivity index is 0.00000552. The molecule has 1 aliphatic carbocycles. The normalized spacial score (nSPS) is 18.2. The standard InChI is InChI=1S/C31H34F3N3O6S.ClH/c32-31(33,34)23-10-16-26(17-11-23)44(41,42)37-24-12-8-22(9-13-24)29(39)36-28(21-4-2-1-3-5-21)19-43-30(40)27(35)18-20-6-14-25(38)15-7-20;/h1-7,10-11,14-17,22,24,27-28,37-38H,8-9,12-13,18-19,35H2,(H,36,39);1H/t22?,24?,27-,28+;/m0./s1. The number of carbonyl (C=O) groups excluding carboxylic acids is 2. The zero-order valence-corrected chi connectivity index (χ0v) is 25.7. The molecule has 3 aromatic rings. The molecule has 0 spiro atoms. The second-order valence-corrected chi connectivity index (χ2v) is 12.5. The van der Waals surface area contributed by atoms with Crippen molar-refractivity contribution < 1.29 is 41.0 Å². The van der Waals surface area contributed by atoms with Gasteiger partial charge in [0.2, 0.25) is 15.9 Å². The number of ether oxygens (including phenoxy) is 1. The number of nitrogens with one attached hydrogen (secondary N) is 2. The molecule has 9 nitrogen and oxygen atoms in total. The molecular formula is C31H35ClF3N3O6S. The maximum atomic E-state index is 13.2. The molecule has 1 saturated carbocycles. The Morgan fingerprint density at radius 1 is 0.933 bits per heavy atom. The molecule has 0 radical (unpaired) electrons. The van der Waals surface area contributed by atoms with Gasteiger partial charge in [0, 0.05) is 12.0 Å². The van der Waals surface area contributed by atoms with E-state index in [-0.39, 0.29) is 42.0 Å². The average molecular weight is 670 g/mol. The van der Waals surface area contributed by atoms with Crippen LogP contribution in [0.1, 0.15) is 48.4 Å². The first-order chi connectivity index (χ1) is 20.8. The van der Waals surface area contributed by atoms with Crippen LogP contribution in [0.15, 0.2) is 83.8 Å². The Labute approximate surface area is 265 Å². The van der Waals surface area contributed by atoms with E-state index in [4.69, 9.17) is 10.5 Å². The number of halogens is 4. The predicted octanol–water partition coefficient (Wildman–Crippen LogP) is 4.64. The van der Waals surface area contributed by atoms with Crippen molar-refractivity contribution in [3.05, 3.63) is 95.6 Å². The lowest BCUT2D eigenvalue weighted by Gasteiger charge is -2.30. The first kappa shape index (κ1) is 35.8. The lowest BCUT2D eigenvalue weighted by molar-refractivity contribution is -0.146. The molecule has 0 saturated heterocycles. The van der Waals surface area contributed by atoms with Gasteiger partial charge in [-0.15, -0.1) is 12.4 Å². The van der Waals surface area contributed by atoms with Gasteiger partial charge in [-0.05, 0) is 79.6 Å². The van der Waals surface area contributed by atoms with Crippen molar-refractivity contribution in [2.24, 2.45) is 11.7 Å². The lowest BCUT2D eigenvalue weighted by Crippen LogP contribution is -2.42. The molecule has 0 heterocycles. The minimum absolute atomic E-state index is 0. The van der Waals surface area contributed by atoms with Crippen LogP contribution >= 0.6 is 12.4 Å². The second-order valence-electron chi connectivity index (χ2n) is 10.8. The molecule has 45 heavy (non-hydrogen) atoms. The first-order valence-corrected chi connectivity index (χ1v) is 15.5. The van der Waals surface area contributed by atoms with Gasteiger partial charge < -0.3 is 20.9 Å². The summed E-state index contributed by atoms with van der Waals surface area (Å²) in [6.45, 7) is -0.153. The summed E-state index contributed by atoms with van der Waals surface area (Å²) in [6.07, 6.45) is -2.90. The van der Waals surface area contributed by atoms with E-state index < -0.39 is 51.8 Å². The van der Waals surface area contributed by atoms with Crippen LogP contribution < -0.4 is 15.8 Å². The molecule has 1 aliphatic rings. The third kappa shape index (κ3) is 10.2. The summed E-state index contributed by atoms with van der Waals surface area (Å²) >= 11 is 0. The predicted molar refractivity (Wildman–Crippen MR) is 163 cm³/mol. The van der Waals surface area contributed by atoms with Crippen LogP contribution in [0.2, 0.25) is 0 Å². The maximum Gasteiger partial charge on any atom is 0.416 e. The van der Waals surface area contributed by atoms with Crippen molar-refractivity contribution in [2.75, 3.05) is 6.61 Å². The SMILES string of the molecule is Cl.N[C@@H](Cc1ccc(O)cc1)C(=O)OC[C@@H](NC(=O)C1CCC(NS(=O)(=O)c2ccc(C(F)(F)F)cc2)CC1)c1ccccc1. The fourth-order valence-electron chi connectivity index (χ4n) is 5.02. The number of phenolic OH excluding ortho intramolecular Hbond substituents is 1. The van der Waals surface area contributed by atoms with Crippen LogP contribution in [0.5, 0.6) is 5.75 Å². The number of benzene rings is 3. The van der Waals surface area contributed by atoms with E-state index in [0.717, 1.165) is 35.4 Å². The van der Waals surface area contributed by atoms with Crippen molar-refractivity contribution in [1.82, 2.24) is 10.0 Å². The quantitative estimate of drug-likeness (QED) is 0.218. The topological polar surface area (TPSA) is 148 Å². The summed E-state index contributed by atoms with van der Waals surface area (Å²) in [5, 5.41) is 12.4. The van der Waals surface area contributed by atoms with Crippen molar-refractivity contribution >= 4 is 34.3 Å². The van der Waals surface area contributed by atoms with E-state index in [2.05, 4.69) is 10.0 Å². The van der Waals surface area contributed by atoms with E-state index >= 15 is 0 Å². The van der Waals surface area contributed by atoms with Gasteiger partial charge in [0.1, 0.15) is 18.4 Å². The first-order valence-electron chi connectivity index (χ1n) is 14.1. The average Bonchev–Trinajstić information content (AvgIpc) is 3.00. The highest BCUT2D eigenvalue weighted by Crippen LogP contribution is 2.30. The van der Waals surface area contributed by atoms with Crippen molar-refractivity contribution in [3.8, 4) is 5.75 Å². The monoisotopic (exact) mass is 669 g/mol. The molecule has 0 unspecified atom stereocenters. The number of sulfonamides is 1. The molecule has 4 rings (SSSR count). The molecule has 0 aliphatic heterocycles. The number of hydrogen-bond donors (Lipinski definition) is 4. The highest BCUT2D eigenvalue weighted by Gasteiger charge is 2.33. The van der Waals surface area contributed by atoms with Crippen molar-refractivity contribution in [2.45, 2.75) is 61.3 Å². The lowest BCUT2D eigenvalue weighted by atomic mass is 9.85. The summed E-state index contributed by atoms with van der Waals surface area (Å²) in [4.78, 5) is 25.6. The highest BCUT2D eigenvalue weighted by atomic mass is 35.5. The van der Waals surface area contributed by atoms with Crippen LogP contribution in [-0.2, 0) is 36.9 Å². The van der Waals surface area contributed by atoms with E-state index in [1.54, 1.807) is 36.4 Å². The fraction of sp³-hybridized carbons (Fsp3) is 0.355. The summed E-state index contributed by atoms with van der Waals surface area (Å²) in [5.74, 6) is -1.23. The molecule has 3 aromatic carbocycles. The van der Waals surface area contributed by atoms with Crippen molar-refractivity contribution in [3.63, 3.8) is 0 Å². The highest BCUT2D eigenvalue weighted by molar-refractivity contribution is 7.89. The molecule has 1 amide bonds. The van der Waals surface area contributed by atoms with Gasteiger partial charge in [0.15, 0.2) is 0 Å². The number of nitrogens with two attached hydrogens (primary N) is 1. The smallest absolute Gasteiger partial charge is 0.416 e. The van der Waals surface area contributed by atoms with Gasteiger partial charge in [-0.2, -0.15) is 13.2 Å². The summed E-state index contributed by atoms with van der Waals surface area (Å²) in [6, 6.07) is 16.5. The molecule has 0 bridgehead atoms. The largest absolute Gasteiger partial charge is 0.508 e. The summed E-state index contributed by atoms with van der Waals surface area (Å²) in [7, 11) is -4.05. The number of hydrogen-bond acceptors (Lipinski definition) is 7. The Hall–Kier alpha value is -3.65. The molecule has 5 N–H and O–H groups in total. The van der Waals surface area contributed by atoms with E-state index in [1.807, 2.05) is 6.07 Å². The van der Waals surface area contributed by atoms with E-state index in [1.165, 1.54) is 12.1 Å². The number of carbonyl (C=O) groups is 2. The molecule has 244 valence electrons. The van der Waals surface area contributed by atoms with Crippen LogP contribution in [0.4, 0.5) is 13.2 Å². The number of phenols is 1. The Morgan fingerprint density at radius 3 is 2.11 bits per heavy atom. The minimum atomic E-state index is -4.57. The van der Waals surface area contributed by atoms with Crippen LogP contribution in [0.3, 0.4) is 0 Å². The third-order valence-electron chi connectivity index (χ3n) is 7.52. The van der Waals surface area contributed by atoms with Gasteiger partial charge in [-0.3, -0.25) is 9.59 Å². The van der Waals surface area contributed by atoms with Gasteiger partial charge in [-0.25, -0.2) is 13.1 Å². The summed E-state index contributed by atoms with van der Waals surface area (Å²) < 4.78 is 72.0. The van der Waals surface area contributed by atoms with E-state index in [9.17, 15) is 36.3 Å². The minimum Gasteiger partial charge on any atom is -0.508 e. The molecule has 2 atom stereocenters. The van der Waals surface area contributed by atoms with Gasteiger partial charge in [0.25, 0.3) is 0 Å². The number of aromatic hydroxyl groups is 1.